The fourth-order valence-corrected chi connectivity index (χ4v) is 3.41. The second-order valence-electron chi connectivity index (χ2n) is 4.77. The standard InChI is InChI=1S/C11H19N5O2S/c1-16-6-4-9(8-16)7-14-19(17,18)11-10(15-12)3-2-5-13-11/h2-3,5,9,14-15H,4,6-8,12H2,1H3. The van der Waals surface area contributed by atoms with Gasteiger partial charge >= 0.3 is 0 Å². The van der Waals surface area contributed by atoms with Gasteiger partial charge in [0.25, 0.3) is 10.0 Å². The van der Waals surface area contributed by atoms with Crippen LogP contribution in [0.2, 0.25) is 0 Å². The second kappa shape index (κ2) is 5.83. The van der Waals surface area contributed by atoms with Gasteiger partial charge in [0.15, 0.2) is 5.03 Å². The summed E-state index contributed by atoms with van der Waals surface area (Å²) in [5.74, 6) is 5.64. The number of hydrogen-bond donors (Lipinski definition) is 3. The lowest BCUT2D eigenvalue weighted by Gasteiger charge is -2.13. The summed E-state index contributed by atoms with van der Waals surface area (Å²) in [6.07, 6.45) is 2.43. The van der Waals surface area contributed by atoms with Gasteiger partial charge in [-0.25, -0.2) is 18.1 Å². The van der Waals surface area contributed by atoms with Crippen molar-refractivity contribution in [3.05, 3.63) is 18.3 Å². The van der Waals surface area contributed by atoms with Gasteiger partial charge in [-0.1, -0.05) is 0 Å². The largest absolute Gasteiger partial charge is 0.321 e. The molecule has 4 N–H and O–H groups in total. The van der Waals surface area contributed by atoms with E-state index < -0.39 is 10.0 Å². The molecule has 0 aromatic carbocycles. The Morgan fingerprint density at radius 3 is 3.00 bits per heavy atom. The molecule has 0 radical (unpaired) electrons. The van der Waals surface area contributed by atoms with Gasteiger partial charge < -0.3 is 10.3 Å². The van der Waals surface area contributed by atoms with Crippen molar-refractivity contribution in [1.29, 1.82) is 0 Å². The number of likely N-dealkylation sites (tertiary alicyclic amines) is 1. The molecule has 1 unspecified atom stereocenters. The van der Waals surface area contributed by atoms with Crippen molar-refractivity contribution in [2.75, 3.05) is 32.1 Å². The molecule has 1 aliphatic heterocycles. The molecule has 0 saturated carbocycles. The molecule has 1 saturated heterocycles. The first kappa shape index (κ1) is 14.2. The molecule has 7 nitrogen and oxygen atoms in total. The number of nitrogen functional groups attached to an aromatic ring is 1. The second-order valence-corrected chi connectivity index (χ2v) is 6.45. The van der Waals surface area contributed by atoms with Gasteiger partial charge in [-0.15, -0.1) is 0 Å². The zero-order chi connectivity index (χ0) is 13.9. The van der Waals surface area contributed by atoms with Crippen molar-refractivity contribution in [1.82, 2.24) is 14.6 Å². The SMILES string of the molecule is CN1CCC(CNS(=O)(=O)c2ncccc2NN)C1. The number of nitrogens with one attached hydrogen (secondary N) is 2. The highest BCUT2D eigenvalue weighted by molar-refractivity contribution is 7.89. The summed E-state index contributed by atoms with van der Waals surface area (Å²) in [6, 6.07) is 3.20. The van der Waals surface area contributed by atoms with Crippen molar-refractivity contribution >= 4 is 15.7 Å². The van der Waals surface area contributed by atoms with Crippen LogP contribution < -0.4 is 16.0 Å². The van der Waals surface area contributed by atoms with Crippen LogP contribution in [-0.4, -0.2) is 45.0 Å². The Kier molecular flexibility index (Phi) is 4.35. The maximum absolute atomic E-state index is 12.2. The third kappa shape index (κ3) is 3.41. The van der Waals surface area contributed by atoms with Gasteiger partial charge in [-0.05, 0) is 38.1 Å². The molecule has 1 aromatic heterocycles. The molecule has 8 heteroatoms. The van der Waals surface area contributed by atoms with Crippen molar-refractivity contribution in [2.45, 2.75) is 11.4 Å². The van der Waals surface area contributed by atoms with Gasteiger partial charge in [0.05, 0.1) is 5.69 Å². The molecule has 2 rings (SSSR count). The summed E-state index contributed by atoms with van der Waals surface area (Å²) in [4.78, 5) is 6.07. The van der Waals surface area contributed by atoms with Crippen LogP contribution in [0.3, 0.4) is 0 Å². The summed E-state index contributed by atoms with van der Waals surface area (Å²) in [7, 11) is -1.60. The zero-order valence-electron chi connectivity index (χ0n) is 10.8. The predicted molar refractivity (Wildman–Crippen MR) is 72.8 cm³/mol. The van der Waals surface area contributed by atoms with E-state index in [0.717, 1.165) is 19.5 Å². The van der Waals surface area contributed by atoms with Gasteiger partial charge in [-0.2, -0.15) is 0 Å². The number of anilines is 1. The van der Waals surface area contributed by atoms with E-state index in [1.54, 1.807) is 12.1 Å². The Balaban J connectivity index is 2.06. The van der Waals surface area contributed by atoms with E-state index in [4.69, 9.17) is 5.84 Å². The summed E-state index contributed by atoms with van der Waals surface area (Å²) < 4.78 is 26.9. The highest BCUT2D eigenvalue weighted by Gasteiger charge is 2.24. The molecule has 1 fully saturated rings. The van der Waals surface area contributed by atoms with E-state index in [1.165, 1.54) is 6.20 Å². The first-order valence-electron chi connectivity index (χ1n) is 6.13. The third-order valence-corrected chi connectivity index (χ3v) is 4.61. The summed E-state index contributed by atoms with van der Waals surface area (Å²) in [6.45, 7) is 2.34. The maximum Gasteiger partial charge on any atom is 0.260 e. The van der Waals surface area contributed by atoms with Crippen molar-refractivity contribution in [3.8, 4) is 0 Å². The third-order valence-electron chi connectivity index (χ3n) is 3.23. The molecule has 0 amide bonds. The molecule has 1 aromatic rings. The van der Waals surface area contributed by atoms with Crippen molar-refractivity contribution < 1.29 is 8.42 Å². The number of nitrogens with two attached hydrogens (primary N) is 1. The quantitative estimate of drug-likeness (QED) is 0.502. The van der Waals surface area contributed by atoms with Crippen LogP contribution in [0.5, 0.6) is 0 Å². The molecule has 2 heterocycles. The summed E-state index contributed by atoms with van der Waals surface area (Å²) >= 11 is 0. The first-order chi connectivity index (χ1) is 9.03. The molecule has 0 aliphatic carbocycles. The highest BCUT2D eigenvalue weighted by Crippen LogP contribution is 2.18. The number of hydrogen-bond acceptors (Lipinski definition) is 6. The maximum atomic E-state index is 12.2. The molecule has 1 aliphatic rings. The van der Waals surface area contributed by atoms with E-state index in [9.17, 15) is 8.42 Å². The minimum atomic E-state index is -3.63. The lowest BCUT2D eigenvalue weighted by Crippen LogP contribution is -2.31. The fourth-order valence-electron chi connectivity index (χ4n) is 2.20. The molecule has 106 valence electrons. The number of aromatic nitrogens is 1. The van der Waals surface area contributed by atoms with Crippen LogP contribution in [0.4, 0.5) is 5.69 Å². The van der Waals surface area contributed by atoms with Gasteiger partial charge in [0, 0.05) is 19.3 Å². The fraction of sp³-hybridized carbons (Fsp3) is 0.545. The Bertz CT molecular complexity index is 534. The summed E-state index contributed by atoms with van der Waals surface area (Å²) in [5.41, 5.74) is 2.64. The van der Waals surface area contributed by atoms with Crippen molar-refractivity contribution in [2.24, 2.45) is 11.8 Å². The Morgan fingerprint density at radius 2 is 2.37 bits per heavy atom. The Labute approximate surface area is 113 Å². The number of sulfonamides is 1. The van der Waals surface area contributed by atoms with E-state index in [0.29, 0.717) is 18.2 Å². The topological polar surface area (TPSA) is 100 Å². The van der Waals surface area contributed by atoms with E-state index >= 15 is 0 Å². The van der Waals surface area contributed by atoms with Gasteiger partial charge in [0.2, 0.25) is 0 Å². The van der Waals surface area contributed by atoms with Crippen LogP contribution in [0.15, 0.2) is 23.4 Å². The number of pyridine rings is 1. The minimum Gasteiger partial charge on any atom is -0.321 e. The number of hydrazine groups is 1. The van der Waals surface area contributed by atoms with E-state index in [1.807, 2.05) is 7.05 Å². The number of nitrogens with zero attached hydrogens (tertiary/aromatic N) is 2. The van der Waals surface area contributed by atoms with Crippen LogP contribution in [0.1, 0.15) is 6.42 Å². The lowest BCUT2D eigenvalue weighted by atomic mass is 10.1. The number of rotatable bonds is 5. The molecular weight excluding hydrogens is 266 g/mol. The molecule has 0 bridgehead atoms. The van der Waals surface area contributed by atoms with Crippen LogP contribution in [-0.2, 0) is 10.0 Å². The predicted octanol–water partition coefficient (Wildman–Crippen LogP) is -0.403. The molecule has 1 atom stereocenters. The highest BCUT2D eigenvalue weighted by atomic mass is 32.2. The Hall–Kier alpha value is -1.22. The normalized spacial score (nSPS) is 20.6. The average molecular weight is 285 g/mol. The molecule has 19 heavy (non-hydrogen) atoms. The smallest absolute Gasteiger partial charge is 0.260 e. The van der Waals surface area contributed by atoms with E-state index in [-0.39, 0.29) is 5.03 Å². The Morgan fingerprint density at radius 1 is 1.58 bits per heavy atom. The zero-order valence-corrected chi connectivity index (χ0v) is 11.7. The van der Waals surface area contributed by atoms with E-state index in [2.05, 4.69) is 20.0 Å². The lowest BCUT2D eigenvalue weighted by molar-refractivity contribution is 0.394. The monoisotopic (exact) mass is 285 g/mol. The van der Waals surface area contributed by atoms with Crippen molar-refractivity contribution in [3.63, 3.8) is 0 Å². The van der Waals surface area contributed by atoms with Crippen LogP contribution in [0.25, 0.3) is 0 Å². The first-order valence-corrected chi connectivity index (χ1v) is 7.61. The molecule has 0 spiro atoms. The minimum absolute atomic E-state index is 0.0659. The van der Waals surface area contributed by atoms with Gasteiger partial charge in [0.1, 0.15) is 0 Å². The van der Waals surface area contributed by atoms with Crippen LogP contribution in [0, 0.1) is 5.92 Å². The average Bonchev–Trinajstić information content (AvgIpc) is 2.82. The summed E-state index contributed by atoms with van der Waals surface area (Å²) in [5, 5.41) is -0.0659. The van der Waals surface area contributed by atoms with Crippen LogP contribution >= 0.6 is 0 Å². The molecular formula is C11H19N5O2S. The van der Waals surface area contributed by atoms with Gasteiger partial charge in [-0.3, -0.25) is 5.84 Å².